The summed E-state index contributed by atoms with van der Waals surface area (Å²) in [6, 6.07) is 8.06. The highest BCUT2D eigenvalue weighted by Crippen LogP contribution is 2.64. The predicted molar refractivity (Wildman–Crippen MR) is 98.4 cm³/mol. The fraction of sp³-hybridized carbons (Fsp3) is 0.550. The highest BCUT2D eigenvalue weighted by Gasteiger charge is 2.66. The molecular formula is C20H23NO3S. The van der Waals surface area contributed by atoms with Crippen LogP contribution in [0, 0.1) is 16.7 Å². The third-order valence-corrected chi connectivity index (χ3v) is 7.88. The molecule has 132 valence electrons. The first-order chi connectivity index (χ1) is 11.9. The van der Waals surface area contributed by atoms with Crippen LogP contribution in [-0.2, 0) is 14.3 Å². The van der Waals surface area contributed by atoms with Crippen molar-refractivity contribution in [3.05, 3.63) is 24.3 Å². The molecule has 3 aliphatic carbocycles. The molecule has 25 heavy (non-hydrogen) atoms. The fourth-order valence-corrected chi connectivity index (χ4v) is 6.47. The van der Waals surface area contributed by atoms with Gasteiger partial charge < -0.3 is 4.74 Å². The molecule has 0 spiro atoms. The molecule has 0 saturated heterocycles. The molecular weight excluding hydrogens is 334 g/mol. The summed E-state index contributed by atoms with van der Waals surface area (Å²) in [5.74, 6) is -0.145. The summed E-state index contributed by atoms with van der Waals surface area (Å²) >= 11 is 1.77. The van der Waals surface area contributed by atoms with Gasteiger partial charge in [-0.15, -0.1) is 11.8 Å². The Labute approximate surface area is 152 Å². The van der Waals surface area contributed by atoms with Crippen LogP contribution in [0.15, 0.2) is 34.2 Å². The number of hydrogen-bond donors (Lipinski definition) is 0. The quantitative estimate of drug-likeness (QED) is 0.761. The first kappa shape index (κ1) is 16.8. The number of hydrogen-bond acceptors (Lipinski definition) is 5. The maximum absolute atomic E-state index is 13.0. The topological polar surface area (TPSA) is 55.7 Å². The molecule has 0 N–H and O–H groups in total. The first-order valence-electron chi connectivity index (χ1n) is 8.95. The number of rotatable bonds is 3. The van der Waals surface area contributed by atoms with E-state index in [1.807, 2.05) is 25.1 Å². The summed E-state index contributed by atoms with van der Waals surface area (Å²) in [5.41, 5.74) is 0.964. The van der Waals surface area contributed by atoms with Gasteiger partial charge in [0.2, 0.25) is 0 Å². The highest BCUT2D eigenvalue weighted by molar-refractivity contribution is 8.01. The number of ketones is 1. The second kappa shape index (κ2) is 5.70. The number of ether oxygens (including phenoxy) is 1. The summed E-state index contributed by atoms with van der Waals surface area (Å²) in [5, 5.41) is 0.0585. The molecule has 1 aliphatic heterocycles. The lowest BCUT2D eigenvalue weighted by Crippen LogP contribution is -2.64. The molecule has 4 nitrogen and oxygen atoms in total. The Morgan fingerprint density at radius 1 is 1.32 bits per heavy atom. The van der Waals surface area contributed by atoms with Crippen molar-refractivity contribution in [2.75, 3.05) is 6.61 Å². The number of carbonyl (C=O) groups excluding carboxylic acids is 2. The molecule has 0 radical (unpaired) electrons. The van der Waals surface area contributed by atoms with Gasteiger partial charge in [0.1, 0.15) is 11.2 Å². The average Bonchev–Trinajstić information content (AvgIpc) is 2.61. The predicted octanol–water partition coefficient (Wildman–Crippen LogP) is 4.19. The maximum Gasteiger partial charge on any atom is 0.317 e. The minimum absolute atomic E-state index is 0.0585. The van der Waals surface area contributed by atoms with E-state index in [1.165, 1.54) is 0 Å². The Morgan fingerprint density at radius 3 is 2.80 bits per heavy atom. The third kappa shape index (κ3) is 2.24. The molecule has 1 aromatic carbocycles. The highest BCUT2D eigenvalue weighted by atomic mass is 32.2. The molecule has 5 rings (SSSR count). The van der Waals surface area contributed by atoms with Gasteiger partial charge in [-0.05, 0) is 50.7 Å². The molecule has 0 unspecified atom stereocenters. The summed E-state index contributed by atoms with van der Waals surface area (Å²) in [7, 11) is 0. The molecule has 1 heterocycles. The van der Waals surface area contributed by atoms with Crippen LogP contribution in [-0.4, -0.2) is 29.3 Å². The smallest absolute Gasteiger partial charge is 0.317 e. The summed E-state index contributed by atoms with van der Waals surface area (Å²) in [6.07, 6.45) is 2.12. The van der Waals surface area contributed by atoms with Crippen LogP contribution in [0.2, 0.25) is 0 Å². The van der Waals surface area contributed by atoms with Crippen LogP contribution < -0.4 is 0 Å². The van der Waals surface area contributed by atoms with Crippen molar-refractivity contribution in [2.45, 2.75) is 50.2 Å². The van der Waals surface area contributed by atoms with Crippen molar-refractivity contribution in [1.29, 1.82) is 0 Å². The Kier molecular flexibility index (Phi) is 3.83. The molecule has 1 aromatic rings. The molecule has 0 amide bonds. The van der Waals surface area contributed by atoms with Crippen LogP contribution >= 0.6 is 11.8 Å². The lowest BCUT2D eigenvalue weighted by molar-refractivity contribution is -0.158. The Morgan fingerprint density at radius 2 is 2.08 bits per heavy atom. The van der Waals surface area contributed by atoms with E-state index in [1.54, 1.807) is 18.7 Å². The van der Waals surface area contributed by atoms with Crippen LogP contribution in [0.3, 0.4) is 0 Å². The second-order valence-electron chi connectivity index (χ2n) is 7.64. The van der Waals surface area contributed by atoms with E-state index in [-0.39, 0.29) is 28.3 Å². The van der Waals surface area contributed by atoms with Gasteiger partial charge in [-0.1, -0.05) is 19.1 Å². The van der Waals surface area contributed by atoms with E-state index >= 15 is 0 Å². The average molecular weight is 357 g/mol. The molecule has 0 aromatic heterocycles. The van der Waals surface area contributed by atoms with Crippen LogP contribution in [0.5, 0.6) is 0 Å². The molecule has 2 bridgehead atoms. The van der Waals surface area contributed by atoms with E-state index in [0.29, 0.717) is 13.0 Å². The molecule has 4 atom stereocenters. The van der Waals surface area contributed by atoms with Gasteiger partial charge >= 0.3 is 5.97 Å². The van der Waals surface area contributed by atoms with Crippen molar-refractivity contribution in [2.24, 2.45) is 21.7 Å². The second-order valence-corrected chi connectivity index (χ2v) is 8.79. The number of esters is 1. The summed E-state index contributed by atoms with van der Waals surface area (Å²) < 4.78 is 5.46. The summed E-state index contributed by atoms with van der Waals surface area (Å²) in [6.45, 7) is 6.05. The lowest BCUT2D eigenvalue weighted by atomic mass is 9.47. The zero-order valence-corrected chi connectivity index (χ0v) is 15.7. The number of carbonyl (C=O) groups is 2. The zero-order chi connectivity index (χ0) is 17.8. The number of aliphatic imine (C=N–C) groups is 1. The summed E-state index contributed by atoms with van der Waals surface area (Å²) in [4.78, 5) is 31.5. The van der Waals surface area contributed by atoms with Gasteiger partial charge in [-0.25, -0.2) is 0 Å². The third-order valence-electron chi connectivity index (χ3n) is 6.28. The normalized spacial score (nSPS) is 35.4. The number of nitrogens with zero attached hydrogens (tertiary/aromatic N) is 1. The molecule has 3 saturated carbocycles. The number of fused-ring (bicyclic) bond motifs is 3. The van der Waals surface area contributed by atoms with Crippen LogP contribution in [0.4, 0.5) is 5.69 Å². The van der Waals surface area contributed by atoms with Crippen molar-refractivity contribution in [3.63, 3.8) is 0 Å². The number of benzene rings is 1. The van der Waals surface area contributed by atoms with Crippen LogP contribution in [0.25, 0.3) is 0 Å². The van der Waals surface area contributed by atoms with Gasteiger partial charge in [0, 0.05) is 16.5 Å². The Hall–Kier alpha value is -1.62. The van der Waals surface area contributed by atoms with E-state index < -0.39 is 5.41 Å². The van der Waals surface area contributed by atoms with Gasteiger partial charge in [-0.2, -0.15) is 0 Å². The Balaban J connectivity index is 1.90. The molecule has 3 fully saturated rings. The zero-order valence-electron chi connectivity index (χ0n) is 14.9. The monoisotopic (exact) mass is 357 g/mol. The largest absolute Gasteiger partial charge is 0.465 e. The molecule has 4 aliphatic rings. The van der Waals surface area contributed by atoms with Crippen molar-refractivity contribution in [3.8, 4) is 0 Å². The Bertz CT molecular complexity index is 789. The number of para-hydroxylation sites is 1. The minimum atomic E-state index is -0.741. The van der Waals surface area contributed by atoms with E-state index in [0.717, 1.165) is 29.1 Å². The van der Waals surface area contributed by atoms with Gasteiger partial charge in [0.15, 0.2) is 0 Å². The van der Waals surface area contributed by atoms with E-state index in [9.17, 15) is 9.59 Å². The number of Topliss-reactive ketones (excluding diaryl/α,β-unsaturated/α-hetero) is 1. The fourth-order valence-electron chi connectivity index (χ4n) is 4.88. The van der Waals surface area contributed by atoms with Crippen molar-refractivity contribution in [1.82, 2.24) is 0 Å². The van der Waals surface area contributed by atoms with E-state index in [4.69, 9.17) is 9.73 Å². The van der Waals surface area contributed by atoms with Crippen molar-refractivity contribution >= 4 is 34.9 Å². The van der Waals surface area contributed by atoms with Gasteiger partial charge in [0.05, 0.1) is 17.5 Å². The lowest BCUT2D eigenvalue weighted by Gasteiger charge is -2.59. The minimum Gasteiger partial charge on any atom is -0.465 e. The van der Waals surface area contributed by atoms with Crippen molar-refractivity contribution < 1.29 is 14.3 Å². The van der Waals surface area contributed by atoms with E-state index in [2.05, 4.69) is 13.0 Å². The van der Waals surface area contributed by atoms with Gasteiger partial charge in [-0.3, -0.25) is 14.6 Å². The first-order valence-corrected chi connectivity index (χ1v) is 9.83. The number of thioether (sulfide) groups is 1. The SMILES string of the molecule is CCOC(=O)[C@]12CC[C@](C)([C@@H]3Sc4ccccc4N=C31)[C@H](C(C)=O)C2. The standard InChI is InChI=1S/C20H23NO3S/c1-4-24-18(23)20-10-9-19(3,13(11-20)12(2)22)17-16(20)21-14-7-5-6-8-15(14)25-17/h5-8,13,17H,4,9-11H2,1-3H3/t13-,17+,19-,20-/m0/s1. The molecule has 5 heteroatoms. The van der Waals surface area contributed by atoms with Crippen LogP contribution in [0.1, 0.15) is 40.0 Å². The van der Waals surface area contributed by atoms with Gasteiger partial charge in [0.25, 0.3) is 0 Å². The maximum atomic E-state index is 13.0.